The Balaban J connectivity index is 1.91. The van der Waals surface area contributed by atoms with Gasteiger partial charge in [-0.05, 0) is 35.4 Å². The highest BCUT2D eigenvalue weighted by Crippen LogP contribution is 2.13. The van der Waals surface area contributed by atoms with E-state index in [1.165, 1.54) is 0 Å². The average molecular weight is 319 g/mol. The van der Waals surface area contributed by atoms with Gasteiger partial charge in [0, 0.05) is 17.3 Å². The quantitative estimate of drug-likeness (QED) is 0.755. The molecule has 0 radical (unpaired) electrons. The van der Waals surface area contributed by atoms with Crippen LogP contribution < -0.4 is 10.6 Å². The maximum atomic E-state index is 11.8. The minimum absolute atomic E-state index is 0.122. The summed E-state index contributed by atoms with van der Waals surface area (Å²) in [6.45, 7) is 0.0482. The molecule has 0 aliphatic heterocycles. The Bertz CT molecular complexity index is 671. The van der Waals surface area contributed by atoms with Crippen molar-refractivity contribution < 1.29 is 14.7 Å². The fraction of sp³-hybridized carbons (Fsp3) is 0.125. The molecule has 2 amide bonds. The van der Waals surface area contributed by atoms with E-state index in [2.05, 4.69) is 10.6 Å². The summed E-state index contributed by atoms with van der Waals surface area (Å²) in [4.78, 5) is 23.5. The van der Waals surface area contributed by atoms with Gasteiger partial charge < -0.3 is 15.7 Å². The largest absolute Gasteiger partial charge is 0.392 e. The number of anilines is 1. The van der Waals surface area contributed by atoms with E-state index in [1.807, 2.05) is 0 Å². The topological polar surface area (TPSA) is 78.4 Å². The first kappa shape index (κ1) is 16.0. The van der Waals surface area contributed by atoms with Gasteiger partial charge >= 0.3 is 11.8 Å². The number of aliphatic hydroxyl groups is 1. The van der Waals surface area contributed by atoms with Gasteiger partial charge in [0.25, 0.3) is 0 Å². The van der Waals surface area contributed by atoms with Gasteiger partial charge in [-0.25, -0.2) is 0 Å². The molecule has 0 atom stereocenters. The van der Waals surface area contributed by atoms with Crippen LogP contribution in [0.2, 0.25) is 5.02 Å². The maximum absolute atomic E-state index is 11.8. The molecule has 0 bridgehead atoms. The summed E-state index contributed by atoms with van der Waals surface area (Å²) < 4.78 is 0. The molecule has 0 unspecified atom stereocenters. The minimum atomic E-state index is -0.760. The third-order valence-corrected chi connectivity index (χ3v) is 3.29. The van der Waals surface area contributed by atoms with Crippen LogP contribution >= 0.6 is 11.6 Å². The van der Waals surface area contributed by atoms with Crippen LogP contribution in [-0.4, -0.2) is 16.9 Å². The molecule has 0 heterocycles. The standard InChI is InChI=1S/C16H15ClN2O3/c17-13-5-7-14(8-6-13)19-16(22)15(21)18-9-11-3-1-2-4-12(11)10-20/h1-8,20H,9-10H2,(H,18,21)(H,19,22). The Morgan fingerprint density at radius 1 is 0.955 bits per heavy atom. The van der Waals surface area contributed by atoms with Gasteiger partial charge in [-0.3, -0.25) is 9.59 Å². The van der Waals surface area contributed by atoms with E-state index in [0.29, 0.717) is 16.3 Å². The Morgan fingerprint density at radius 3 is 2.23 bits per heavy atom. The Labute approximate surface area is 132 Å². The highest BCUT2D eigenvalue weighted by Gasteiger charge is 2.13. The zero-order valence-corrected chi connectivity index (χ0v) is 12.4. The van der Waals surface area contributed by atoms with Crippen molar-refractivity contribution in [3.63, 3.8) is 0 Å². The molecular weight excluding hydrogens is 304 g/mol. The normalized spacial score (nSPS) is 10.1. The van der Waals surface area contributed by atoms with Crippen molar-refractivity contribution in [2.75, 3.05) is 5.32 Å². The first-order chi connectivity index (χ1) is 10.6. The summed E-state index contributed by atoms with van der Waals surface area (Å²) in [6.07, 6.45) is 0. The van der Waals surface area contributed by atoms with Gasteiger partial charge in [-0.2, -0.15) is 0 Å². The molecule has 5 nitrogen and oxygen atoms in total. The summed E-state index contributed by atoms with van der Waals surface area (Å²) >= 11 is 5.74. The number of aliphatic hydroxyl groups excluding tert-OH is 1. The van der Waals surface area contributed by atoms with Crippen LogP contribution in [0.3, 0.4) is 0 Å². The van der Waals surface area contributed by atoms with Crippen LogP contribution in [0.1, 0.15) is 11.1 Å². The molecule has 3 N–H and O–H groups in total. The molecule has 2 aromatic rings. The lowest BCUT2D eigenvalue weighted by Gasteiger charge is -2.09. The van der Waals surface area contributed by atoms with E-state index in [0.717, 1.165) is 5.56 Å². The number of hydrogen-bond donors (Lipinski definition) is 3. The fourth-order valence-corrected chi connectivity index (χ4v) is 1.99. The van der Waals surface area contributed by atoms with Crippen molar-refractivity contribution in [3.05, 3.63) is 64.7 Å². The van der Waals surface area contributed by atoms with Crippen molar-refractivity contribution in [1.82, 2.24) is 5.32 Å². The Morgan fingerprint density at radius 2 is 1.59 bits per heavy atom. The van der Waals surface area contributed by atoms with Crippen molar-refractivity contribution in [2.24, 2.45) is 0 Å². The minimum Gasteiger partial charge on any atom is -0.392 e. The molecule has 114 valence electrons. The van der Waals surface area contributed by atoms with Crippen LogP contribution in [0, 0.1) is 0 Å². The highest BCUT2D eigenvalue weighted by atomic mass is 35.5. The first-order valence-electron chi connectivity index (χ1n) is 6.62. The molecule has 2 rings (SSSR count). The van der Waals surface area contributed by atoms with E-state index < -0.39 is 11.8 Å². The van der Waals surface area contributed by atoms with Gasteiger partial charge in [0.05, 0.1) is 6.61 Å². The zero-order chi connectivity index (χ0) is 15.9. The molecule has 0 aromatic heterocycles. The van der Waals surface area contributed by atoms with Crippen molar-refractivity contribution in [2.45, 2.75) is 13.2 Å². The SMILES string of the molecule is O=C(NCc1ccccc1CO)C(=O)Nc1ccc(Cl)cc1. The van der Waals surface area contributed by atoms with E-state index in [9.17, 15) is 14.7 Å². The molecule has 22 heavy (non-hydrogen) atoms. The molecule has 0 saturated heterocycles. The Hall–Kier alpha value is -2.37. The summed E-state index contributed by atoms with van der Waals surface area (Å²) in [7, 11) is 0. The second-order valence-corrected chi connectivity index (χ2v) is 5.01. The molecule has 0 saturated carbocycles. The second-order valence-electron chi connectivity index (χ2n) is 4.57. The lowest BCUT2D eigenvalue weighted by Crippen LogP contribution is -2.35. The molecule has 2 aromatic carbocycles. The first-order valence-corrected chi connectivity index (χ1v) is 7.00. The van der Waals surface area contributed by atoms with Gasteiger partial charge in [-0.15, -0.1) is 0 Å². The van der Waals surface area contributed by atoms with E-state index in [-0.39, 0.29) is 13.2 Å². The average Bonchev–Trinajstić information content (AvgIpc) is 2.54. The Kier molecular flexibility index (Phi) is 5.52. The smallest absolute Gasteiger partial charge is 0.313 e. The van der Waals surface area contributed by atoms with E-state index in [4.69, 9.17) is 11.6 Å². The van der Waals surface area contributed by atoms with E-state index >= 15 is 0 Å². The summed E-state index contributed by atoms with van der Waals surface area (Å²) in [6, 6.07) is 13.6. The number of benzene rings is 2. The molecule has 0 fully saturated rings. The van der Waals surface area contributed by atoms with Crippen molar-refractivity contribution in [3.8, 4) is 0 Å². The van der Waals surface area contributed by atoms with Gasteiger partial charge in [0.1, 0.15) is 0 Å². The summed E-state index contributed by atoms with van der Waals surface area (Å²) in [5.41, 5.74) is 1.96. The number of carbonyl (C=O) groups is 2. The lowest BCUT2D eigenvalue weighted by atomic mass is 10.1. The fourth-order valence-electron chi connectivity index (χ4n) is 1.86. The third kappa shape index (κ3) is 4.31. The number of amides is 2. The predicted molar refractivity (Wildman–Crippen MR) is 84.3 cm³/mol. The monoisotopic (exact) mass is 318 g/mol. The van der Waals surface area contributed by atoms with Crippen LogP contribution in [0.5, 0.6) is 0 Å². The van der Waals surface area contributed by atoms with Gasteiger partial charge in [0.15, 0.2) is 0 Å². The highest BCUT2D eigenvalue weighted by molar-refractivity contribution is 6.39. The number of halogens is 1. The third-order valence-electron chi connectivity index (χ3n) is 3.04. The van der Waals surface area contributed by atoms with Crippen LogP contribution in [0.25, 0.3) is 0 Å². The van der Waals surface area contributed by atoms with Gasteiger partial charge in [-0.1, -0.05) is 35.9 Å². The number of hydrogen-bond acceptors (Lipinski definition) is 3. The maximum Gasteiger partial charge on any atom is 0.313 e. The molecular formula is C16H15ClN2O3. The molecule has 0 spiro atoms. The van der Waals surface area contributed by atoms with Crippen LogP contribution in [0.15, 0.2) is 48.5 Å². The van der Waals surface area contributed by atoms with Gasteiger partial charge in [0.2, 0.25) is 0 Å². The second kappa shape index (κ2) is 7.59. The molecule has 0 aliphatic rings. The number of rotatable bonds is 4. The van der Waals surface area contributed by atoms with Crippen molar-refractivity contribution in [1.29, 1.82) is 0 Å². The summed E-state index contributed by atoms with van der Waals surface area (Å²) in [5, 5.41) is 14.7. The lowest BCUT2D eigenvalue weighted by molar-refractivity contribution is -0.136. The zero-order valence-electron chi connectivity index (χ0n) is 11.7. The molecule has 0 aliphatic carbocycles. The van der Waals surface area contributed by atoms with Crippen molar-refractivity contribution >= 4 is 29.1 Å². The molecule has 6 heteroatoms. The summed E-state index contributed by atoms with van der Waals surface area (Å²) in [5.74, 6) is -1.51. The van der Waals surface area contributed by atoms with Crippen LogP contribution in [0.4, 0.5) is 5.69 Å². The predicted octanol–water partition coefficient (Wildman–Crippen LogP) is 2.09. The van der Waals surface area contributed by atoms with E-state index in [1.54, 1.807) is 48.5 Å². The number of nitrogens with one attached hydrogen (secondary N) is 2. The number of carbonyl (C=O) groups excluding carboxylic acids is 2. The van der Waals surface area contributed by atoms with Crippen LogP contribution in [-0.2, 0) is 22.7 Å².